The molecular weight excluding hydrogens is 454 g/mol. The number of hydrogen-bond acceptors (Lipinski definition) is 6. The number of benzene rings is 1. The van der Waals surface area contributed by atoms with Gasteiger partial charge in [-0.25, -0.2) is 0 Å². The Morgan fingerprint density at radius 2 is 2.08 bits per heavy atom. The summed E-state index contributed by atoms with van der Waals surface area (Å²) in [4.78, 5) is 22.6. The molecule has 0 saturated carbocycles. The van der Waals surface area contributed by atoms with Crippen LogP contribution in [0.25, 0.3) is 10.9 Å². The molecule has 0 amide bonds. The molecule has 2 N–H and O–H groups in total. The second kappa shape index (κ2) is 12.8. The Kier molecular flexibility index (Phi) is 9.25. The van der Waals surface area contributed by atoms with Gasteiger partial charge in [0.1, 0.15) is 5.75 Å². The Morgan fingerprint density at radius 1 is 1.19 bits per heavy atom. The third-order valence-corrected chi connectivity index (χ3v) is 7.48. The molecule has 3 atom stereocenters. The Bertz CT molecular complexity index is 1120. The van der Waals surface area contributed by atoms with Crippen LogP contribution >= 0.6 is 0 Å². The van der Waals surface area contributed by atoms with Crippen molar-refractivity contribution in [3.05, 3.63) is 66.1 Å². The number of unbranched alkanes of at least 4 members (excludes halogenated alkanes) is 1. The molecule has 7 nitrogen and oxygen atoms in total. The zero-order valence-electron chi connectivity index (χ0n) is 21.1. The number of hydrogen-bond donors (Lipinski definition) is 2. The van der Waals surface area contributed by atoms with E-state index in [2.05, 4.69) is 20.9 Å². The number of likely N-dealkylation sites (tertiary alicyclic amines) is 1. The quantitative estimate of drug-likeness (QED) is 0.348. The summed E-state index contributed by atoms with van der Waals surface area (Å²) < 4.78 is 5.36. The lowest BCUT2D eigenvalue weighted by Crippen LogP contribution is -2.41. The number of aliphatic hydroxyl groups excluding tert-OH is 1. The van der Waals surface area contributed by atoms with E-state index in [1.807, 2.05) is 36.5 Å². The third kappa shape index (κ3) is 7.02. The molecule has 1 fully saturated rings. The second-order valence-corrected chi connectivity index (χ2v) is 9.90. The molecule has 0 radical (unpaired) electrons. The number of methoxy groups -OCH3 is 1. The summed E-state index contributed by atoms with van der Waals surface area (Å²) in [6.07, 6.45) is 10.6. The number of aliphatic carboxylic acids is 1. The summed E-state index contributed by atoms with van der Waals surface area (Å²) in [5.41, 5.74) is 2.94. The number of carbonyl (C=O) groups is 1. The molecule has 1 aromatic carbocycles. The monoisotopic (exact) mass is 491 g/mol. The Hall–Kier alpha value is -3.03. The van der Waals surface area contributed by atoms with Crippen LogP contribution in [-0.4, -0.2) is 57.8 Å². The van der Waals surface area contributed by atoms with Crippen LogP contribution in [-0.2, 0) is 11.2 Å². The van der Waals surface area contributed by atoms with Crippen molar-refractivity contribution in [2.24, 2.45) is 11.8 Å². The van der Waals surface area contributed by atoms with Crippen LogP contribution in [0.5, 0.6) is 5.75 Å². The minimum atomic E-state index is -0.740. The summed E-state index contributed by atoms with van der Waals surface area (Å²) in [6, 6.07) is 11.6. The van der Waals surface area contributed by atoms with Gasteiger partial charge in [0.25, 0.3) is 0 Å². The van der Waals surface area contributed by atoms with Gasteiger partial charge in [-0.05, 0) is 105 Å². The van der Waals surface area contributed by atoms with E-state index in [4.69, 9.17) is 4.74 Å². The molecule has 3 aromatic rings. The van der Waals surface area contributed by atoms with Crippen LogP contribution in [0.15, 0.2) is 55.0 Å². The van der Waals surface area contributed by atoms with Gasteiger partial charge in [-0.15, -0.1) is 0 Å². The topological polar surface area (TPSA) is 95.8 Å². The fraction of sp³-hybridized carbons (Fsp3) is 0.483. The molecule has 0 unspecified atom stereocenters. The summed E-state index contributed by atoms with van der Waals surface area (Å²) in [6.45, 7) is 2.80. The van der Waals surface area contributed by atoms with Crippen LogP contribution < -0.4 is 4.74 Å². The summed E-state index contributed by atoms with van der Waals surface area (Å²) >= 11 is 0. The average molecular weight is 492 g/mol. The van der Waals surface area contributed by atoms with Gasteiger partial charge < -0.3 is 19.8 Å². The summed E-state index contributed by atoms with van der Waals surface area (Å²) in [5, 5.41) is 21.5. The molecular formula is C29H37N3O4. The third-order valence-electron chi connectivity index (χ3n) is 7.48. The zero-order chi connectivity index (χ0) is 25.3. The van der Waals surface area contributed by atoms with Crippen LogP contribution in [0, 0.1) is 11.8 Å². The van der Waals surface area contributed by atoms with E-state index in [9.17, 15) is 15.0 Å². The van der Waals surface area contributed by atoms with E-state index in [1.54, 1.807) is 19.5 Å². The molecule has 192 valence electrons. The first kappa shape index (κ1) is 26.0. The lowest BCUT2D eigenvalue weighted by atomic mass is 9.79. The van der Waals surface area contributed by atoms with Gasteiger partial charge in [0, 0.05) is 36.9 Å². The number of carboxylic acids is 1. The van der Waals surface area contributed by atoms with E-state index in [-0.39, 0.29) is 12.3 Å². The predicted molar refractivity (Wildman–Crippen MR) is 140 cm³/mol. The fourth-order valence-corrected chi connectivity index (χ4v) is 5.50. The molecule has 3 heterocycles. The molecule has 36 heavy (non-hydrogen) atoms. The van der Waals surface area contributed by atoms with E-state index >= 15 is 0 Å². The maximum atomic E-state index is 11.6. The number of nitrogens with zero attached hydrogens (tertiary/aromatic N) is 3. The average Bonchev–Trinajstić information content (AvgIpc) is 2.90. The molecule has 2 aromatic heterocycles. The number of carboxylic acid groups (broad SMARTS) is 1. The Labute approximate surface area is 213 Å². The Morgan fingerprint density at radius 3 is 2.86 bits per heavy atom. The smallest absolute Gasteiger partial charge is 0.303 e. The van der Waals surface area contributed by atoms with Crippen molar-refractivity contribution >= 4 is 16.9 Å². The highest BCUT2D eigenvalue weighted by atomic mass is 16.5. The van der Waals surface area contributed by atoms with Gasteiger partial charge in [-0.3, -0.25) is 14.8 Å². The SMILES string of the molecule is COc1ccc2nccc([C@@H](O)CC[C@@H]3CCN(CCCCc4cccnc4)C[C@@H]3CC(=O)O)c2c1. The first-order valence-corrected chi connectivity index (χ1v) is 13.0. The van der Waals surface area contributed by atoms with Crippen molar-refractivity contribution in [1.29, 1.82) is 0 Å². The van der Waals surface area contributed by atoms with Crippen molar-refractivity contribution in [3.8, 4) is 5.75 Å². The number of rotatable bonds is 12. The van der Waals surface area contributed by atoms with E-state index in [0.29, 0.717) is 12.3 Å². The van der Waals surface area contributed by atoms with Crippen LogP contribution in [0.1, 0.15) is 55.8 Å². The summed E-state index contributed by atoms with van der Waals surface area (Å²) in [7, 11) is 1.63. The van der Waals surface area contributed by atoms with Crippen molar-refractivity contribution in [3.63, 3.8) is 0 Å². The molecule has 0 spiro atoms. The van der Waals surface area contributed by atoms with E-state index < -0.39 is 12.1 Å². The van der Waals surface area contributed by atoms with Crippen molar-refractivity contribution in [2.75, 3.05) is 26.7 Å². The zero-order valence-corrected chi connectivity index (χ0v) is 21.1. The van der Waals surface area contributed by atoms with Crippen LogP contribution in [0.2, 0.25) is 0 Å². The minimum absolute atomic E-state index is 0.107. The molecule has 1 saturated heterocycles. The van der Waals surface area contributed by atoms with Gasteiger partial charge in [-0.2, -0.15) is 0 Å². The highest BCUT2D eigenvalue weighted by molar-refractivity contribution is 5.83. The standard InChI is InChI=1S/C29H37N3O4/c1-36-24-8-9-27-26(18-24)25(11-14-31-27)28(33)10-7-22-12-16-32(20-23(22)17-29(34)35)15-3-2-5-21-6-4-13-30-19-21/h4,6,8-9,11,13-14,18-19,22-23,28,33H,2-3,5,7,10,12,15-17,20H2,1H3,(H,34,35)/t22-,23+,28+/m1/s1. The first-order valence-electron chi connectivity index (χ1n) is 13.0. The van der Waals surface area contributed by atoms with Crippen molar-refractivity contribution in [1.82, 2.24) is 14.9 Å². The maximum Gasteiger partial charge on any atom is 0.303 e. The van der Waals surface area contributed by atoms with Crippen molar-refractivity contribution in [2.45, 2.75) is 51.0 Å². The van der Waals surface area contributed by atoms with Gasteiger partial charge in [0.2, 0.25) is 0 Å². The van der Waals surface area contributed by atoms with Gasteiger partial charge >= 0.3 is 5.97 Å². The lowest BCUT2D eigenvalue weighted by Gasteiger charge is -2.38. The highest BCUT2D eigenvalue weighted by Crippen LogP contribution is 2.34. The van der Waals surface area contributed by atoms with Crippen LogP contribution in [0.4, 0.5) is 0 Å². The summed E-state index contributed by atoms with van der Waals surface area (Å²) in [5.74, 6) is 0.399. The number of fused-ring (bicyclic) bond motifs is 1. The van der Waals surface area contributed by atoms with Gasteiger partial charge in [0.05, 0.1) is 18.7 Å². The molecule has 1 aliphatic heterocycles. The maximum absolute atomic E-state index is 11.6. The molecule has 0 bridgehead atoms. The predicted octanol–water partition coefficient (Wildman–Crippen LogP) is 4.89. The number of aryl methyl sites for hydroxylation is 1. The number of aromatic nitrogens is 2. The van der Waals surface area contributed by atoms with E-state index in [0.717, 1.165) is 74.0 Å². The molecule has 7 heteroatoms. The lowest BCUT2D eigenvalue weighted by molar-refractivity contribution is -0.139. The second-order valence-electron chi connectivity index (χ2n) is 9.90. The van der Waals surface area contributed by atoms with E-state index in [1.165, 1.54) is 5.56 Å². The Balaban J connectivity index is 1.31. The number of piperidine rings is 1. The van der Waals surface area contributed by atoms with Crippen LogP contribution in [0.3, 0.4) is 0 Å². The fourth-order valence-electron chi connectivity index (χ4n) is 5.50. The number of pyridine rings is 2. The number of aliphatic hydroxyl groups is 1. The first-order chi connectivity index (χ1) is 17.5. The minimum Gasteiger partial charge on any atom is -0.497 e. The van der Waals surface area contributed by atoms with Gasteiger partial charge in [0.15, 0.2) is 0 Å². The molecule has 4 rings (SSSR count). The number of ether oxygens (including phenoxy) is 1. The largest absolute Gasteiger partial charge is 0.497 e. The molecule has 1 aliphatic rings. The highest BCUT2D eigenvalue weighted by Gasteiger charge is 2.31. The van der Waals surface area contributed by atoms with Crippen molar-refractivity contribution < 1.29 is 19.7 Å². The molecule has 0 aliphatic carbocycles. The van der Waals surface area contributed by atoms with Gasteiger partial charge in [-0.1, -0.05) is 6.07 Å². The normalized spacial score (nSPS) is 19.3.